The Kier molecular flexibility index (Phi) is 2.12. The van der Waals surface area contributed by atoms with Crippen molar-refractivity contribution in [2.45, 2.75) is 13.8 Å². The molecule has 0 saturated carbocycles. The Labute approximate surface area is 44.2 Å². The minimum atomic E-state index is -1.02. The second-order valence-corrected chi connectivity index (χ2v) is 1.40. The van der Waals surface area contributed by atoms with E-state index < -0.39 is 6.45 Å². The van der Waals surface area contributed by atoms with Gasteiger partial charge in [-0.1, -0.05) is 0 Å². The molecule has 0 aromatic rings. The molecule has 7 heavy (non-hydrogen) atoms. The van der Waals surface area contributed by atoms with Gasteiger partial charge in [0.05, 0.1) is 6.26 Å². The number of allylic oxidation sites excluding steroid dienone is 1. The van der Waals surface area contributed by atoms with Gasteiger partial charge >= 0.3 is 0 Å². The summed E-state index contributed by atoms with van der Waals surface area (Å²) in [5, 5.41) is 0. The lowest BCUT2D eigenvalue weighted by atomic mass is 10.4. The largest absolute Gasteiger partial charge is 0.437 e. The topological polar surface area (TPSA) is 26.3 Å². The van der Waals surface area contributed by atoms with Crippen molar-refractivity contribution in [3.8, 4) is 0 Å². The molecule has 0 spiro atoms. The summed E-state index contributed by atoms with van der Waals surface area (Å²) in [6, 6.07) is 0. The van der Waals surface area contributed by atoms with Crippen molar-refractivity contribution in [1.82, 2.24) is 0 Å². The third-order valence-electron chi connectivity index (χ3n) is 0.343. The van der Waals surface area contributed by atoms with Gasteiger partial charge in [0, 0.05) is 0 Å². The molecule has 0 aliphatic carbocycles. The molecule has 0 aromatic carbocycles. The normalized spacial score (nSPS) is 9.14. The molecule has 0 aliphatic heterocycles. The zero-order valence-corrected chi connectivity index (χ0v) is 4.39. The molecule has 40 valence electrons. The zero-order chi connectivity index (χ0) is 6.57. The molecule has 2 heteroatoms. The number of rotatable bonds is 1. The number of hydrogen-bond donors (Lipinski definition) is 0. The lowest BCUT2D eigenvalue weighted by Gasteiger charge is -1.83. The van der Waals surface area contributed by atoms with E-state index in [4.69, 9.17) is 1.37 Å². The Morgan fingerprint density at radius 3 is 2.57 bits per heavy atom. The van der Waals surface area contributed by atoms with Crippen molar-refractivity contribution in [2.75, 3.05) is 0 Å². The fourth-order valence-electron chi connectivity index (χ4n) is 0.142. The Balaban J connectivity index is 3.45. The molecule has 0 bridgehead atoms. The van der Waals surface area contributed by atoms with Crippen molar-refractivity contribution in [3.05, 3.63) is 11.8 Å². The quantitative estimate of drug-likeness (QED) is 0.365. The van der Waals surface area contributed by atoms with Gasteiger partial charge in [-0.15, -0.1) is 0 Å². The molecule has 0 aromatic heterocycles. The van der Waals surface area contributed by atoms with Gasteiger partial charge < -0.3 is 4.74 Å². The van der Waals surface area contributed by atoms with Gasteiger partial charge in [-0.05, 0) is 19.4 Å². The standard InChI is InChI=1S/C5H8O2/c1-5(2)3-7-4-6/h3-4H,1-2H3/i4D. The van der Waals surface area contributed by atoms with Crippen LogP contribution in [0.2, 0.25) is 0 Å². The average Bonchev–Trinajstić information content (AvgIpc) is 1.61. The summed E-state index contributed by atoms with van der Waals surface area (Å²) in [6.45, 7) is 3.56. The van der Waals surface area contributed by atoms with Crippen molar-refractivity contribution in [2.24, 2.45) is 0 Å². The first kappa shape index (κ1) is 4.37. The molecule has 0 saturated heterocycles. The molecule has 0 N–H and O–H groups in total. The number of hydrogen-bond acceptors (Lipinski definition) is 2. The summed E-state index contributed by atoms with van der Waals surface area (Å²) in [6.07, 6.45) is 0.223. The summed E-state index contributed by atoms with van der Waals surface area (Å²) in [7, 11) is 0. The molecule has 0 rings (SSSR count). The van der Waals surface area contributed by atoms with E-state index in [1.165, 1.54) is 6.26 Å². The lowest BCUT2D eigenvalue weighted by Crippen LogP contribution is -1.73. The van der Waals surface area contributed by atoms with Crippen LogP contribution in [0.4, 0.5) is 0 Å². The minimum absolute atomic E-state index is 0.866. The SMILES string of the molecule is [2H]C(=O)OC=C(C)C. The predicted molar refractivity (Wildman–Crippen MR) is 26.6 cm³/mol. The third-order valence-corrected chi connectivity index (χ3v) is 0.343. The van der Waals surface area contributed by atoms with Gasteiger partial charge in [0.1, 0.15) is 0 Å². The molecule has 2 nitrogen and oxygen atoms in total. The van der Waals surface area contributed by atoms with Gasteiger partial charge in [-0.25, -0.2) is 0 Å². The van der Waals surface area contributed by atoms with Crippen molar-refractivity contribution < 1.29 is 10.9 Å². The van der Waals surface area contributed by atoms with Crippen LogP contribution in [-0.2, 0) is 9.53 Å². The second-order valence-electron chi connectivity index (χ2n) is 1.40. The van der Waals surface area contributed by atoms with Gasteiger partial charge in [0.25, 0.3) is 6.45 Å². The summed E-state index contributed by atoms with van der Waals surface area (Å²) in [4.78, 5) is 9.75. The Morgan fingerprint density at radius 2 is 2.43 bits per heavy atom. The fraction of sp³-hybridized carbons (Fsp3) is 0.400. The molecule has 0 atom stereocenters. The van der Waals surface area contributed by atoms with Crippen LogP contribution in [0.5, 0.6) is 0 Å². The van der Waals surface area contributed by atoms with Gasteiger partial charge in [0.2, 0.25) is 0 Å². The molecule has 0 amide bonds. The van der Waals surface area contributed by atoms with Crippen LogP contribution in [-0.4, -0.2) is 6.45 Å². The van der Waals surface area contributed by atoms with Crippen LogP contribution < -0.4 is 0 Å². The summed E-state index contributed by atoms with van der Waals surface area (Å²) in [5.41, 5.74) is 0.866. The van der Waals surface area contributed by atoms with E-state index >= 15 is 0 Å². The van der Waals surface area contributed by atoms with Crippen molar-refractivity contribution >= 4 is 6.45 Å². The summed E-state index contributed by atoms with van der Waals surface area (Å²) in [5.74, 6) is 0. The van der Waals surface area contributed by atoms with Crippen LogP contribution in [0.1, 0.15) is 15.2 Å². The van der Waals surface area contributed by atoms with Crippen LogP contribution in [0.15, 0.2) is 11.8 Å². The Bertz CT molecular complexity index is 114. The van der Waals surface area contributed by atoms with E-state index in [9.17, 15) is 4.79 Å². The van der Waals surface area contributed by atoms with Crippen LogP contribution in [0.25, 0.3) is 0 Å². The van der Waals surface area contributed by atoms with E-state index in [-0.39, 0.29) is 0 Å². The summed E-state index contributed by atoms with van der Waals surface area (Å²) >= 11 is 0. The van der Waals surface area contributed by atoms with Gasteiger partial charge in [-0.2, -0.15) is 0 Å². The molecule has 0 radical (unpaired) electrons. The highest BCUT2D eigenvalue weighted by Gasteiger charge is 1.71. The molecular weight excluding hydrogens is 92.1 g/mol. The maximum Gasteiger partial charge on any atom is 0.297 e. The highest BCUT2D eigenvalue weighted by atomic mass is 16.5. The average molecular weight is 101 g/mol. The van der Waals surface area contributed by atoms with E-state index in [2.05, 4.69) is 4.74 Å². The van der Waals surface area contributed by atoms with E-state index in [1.807, 2.05) is 0 Å². The molecule has 0 heterocycles. The van der Waals surface area contributed by atoms with E-state index in [1.54, 1.807) is 13.8 Å². The molecule has 0 aliphatic rings. The van der Waals surface area contributed by atoms with E-state index in [0.717, 1.165) is 5.57 Å². The Morgan fingerprint density at radius 1 is 1.86 bits per heavy atom. The van der Waals surface area contributed by atoms with Crippen LogP contribution in [0, 0.1) is 0 Å². The van der Waals surface area contributed by atoms with Crippen LogP contribution >= 0.6 is 0 Å². The Hall–Kier alpha value is -0.790. The molecular formula is C5H8O2. The van der Waals surface area contributed by atoms with Crippen LogP contribution in [0.3, 0.4) is 0 Å². The third kappa shape index (κ3) is 5.21. The molecule has 0 unspecified atom stereocenters. The number of carbonyl (C=O) groups excluding carboxylic acids is 1. The number of ether oxygens (including phenoxy) is 1. The van der Waals surface area contributed by atoms with E-state index in [0.29, 0.717) is 0 Å². The monoisotopic (exact) mass is 101 g/mol. The fourth-order valence-corrected chi connectivity index (χ4v) is 0.142. The lowest BCUT2D eigenvalue weighted by molar-refractivity contribution is -0.123. The maximum atomic E-state index is 9.75. The first-order valence-electron chi connectivity index (χ1n) is 2.43. The smallest absolute Gasteiger partial charge is 0.297 e. The van der Waals surface area contributed by atoms with Crippen molar-refractivity contribution in [1.29, 1.82) is 0 Å². The summed E-state index contributed by atoms with van der Waals surface area (Å²) < 4.78 is 10.4. The maximum absolute atomic E-state index is 9.75. The highest BCUT2D eigenvalue weighted by molar-refractivity contribution is 5.38. The second kappa shape index (κ2) is 3.40. The predicted octanol–water partition coefficient (Wildman–Crippen LogP) is 1.08. The number of carbonyl (C=O) groups is 1. The minimum Gasteiger partial charge on any atom is -0.437 e. The first-order chi connectivity index (χ1) is 3.63. The van der Waals surface area contributed by atoms with Crippen molar-refractivity contribution in [3.63, 3.8) is 0 Å². The van der Waals surface area contributed by atoms with Gasteiger partial charge in [-0.3, -0.25) is 4.79 Å². The highest BCUT2D eigenvalue weighted by Crippen LogP contribution is 1.85. The molecule has 0 fully saturated rings. The first-order valence-corrected chi connectivity index (χ1v) is 1.93. The zero-order valence-electron chi connectivity index (χ0n) is 5.39. The van der Waals surface area contributed by atoms with Gasteiger partial charge in [0.15, 0.2) is 1.37 Å².